The monoisotopic (exact) mass is 201 g/mol. The van der Waals surface area contributed by atoms with Crippen LogP contribution in [0.15, 0.2) is 18.2 Å². The van der Waals surface area contributed by atoms with Crippen LogP contribution in [0.2, 0.25) is 0 Å². The SMILES string of the molecule is COc1cccc(C(C)=O)c1N.Cl. The third kappa shape index (κ3) is 2.36. The molecule has 4 heteroatoms. The smallest absolute Gasteiger partial charge is 0.162 e. The molecule has 2 N–H and O–H groups in total. The predicted molar refractivity (Wildman–Crippen MR) is 54.7 cm³/mol. The number of benzene rings is 1. The average molecular weight is 202 g/mol. The van der Waals surface area contributed by atoms with Crippen molar-refractivity contribution in [1.82, 2.24) is 0 Å². The summed E-state index contributed by atoms with van der Waals surface area (Å²) in [5, 5.41) is 0. The van der Waals surface area contributed by atoms with Crippen molar-refractivity contribution in [3.8, 4) is 5.75 Å². The largest absolute Gasteiger partial charge is 0.495 e. The molecule has 0 saturated carbocycles. The number of Topliss-reactive ketones (excluding diaryl/α,β-unsaturated/α-hetero) is 1. The molecule has 1 rings (SSSR count). The third-order valence-electron chi connectivity index (χ3n) is 1.67. The molecule has 0 fully saturated rings. The Morgan fingerprint density at radius 2 is 2.08 bits per heavy atom. The fraction of sp³-hybridized carbons (Fsp3) is 0.222. The van der Waals surface area contributed by atoms with Crippen molar-refractivity contribution < 1.29 is 9.53 Å². The van der Waals surface area contributed by atoms with Gasteiger partial charge in [0.15, 0.2) is 5.78 Å². The molecule has 0 aliphatic heterocycles. The Kier molecular flexibility index (Phi) is 4.28. The van der Waals surface area contributed by atoms with Gasteiger partial charge in [-0.2, -0.15) is 0 Å². The second kappa shape index (κ2) is 4.72. The highest BCUT2D eigenvalue weighted by atomic mass is 35.5. The van der Waals surface area contributed by atoms with Crippen molar-refractivity contribution in [3.63, 3.8) is 0 Å². The zero-order chi connectivity index (χ0) is 9.14. The minimum absolute atomic E-state index is 0. The van der Waals surface area contributed by atoms with Crippen LogP contribution < -0.4 is 10.5 Å². The van der Waals surface area contributed by atoms with E-state index in [1.807, 2.05) is 0 Å². The third-order valence-corrected chi connectivity index (χ3v) is 1.67. The van der Waals surface area contributed by atoms with Gasteiger partial charge in [0.25, 0.3) is 0 Å². The highest BCUT2D eigenvalue weighted by Gasteiger charge is 2.07. The molecule has 0 aliphatic carbocycles. The van der Waals surface area contributed by atoms with Gasteiger partial charge in [0, 0.05) is 5.56 Å². The van der Waals surface area contributed by atoms with Crippen LogP contribution in [0.1, 0.15) is 17.3 Å². The number of methoxy groups -OCH3 is 1. The van der Waals surface area contributed by atoms with E-state index in [1.165, 1.54) is 14.0 Å². The maximum atomic E-state index is 11.0. The second-order valence-electron chi connectivity index (χ2n) is 2.48. The van der Waals surface area contributed by atoms with Crippen molar-refractivity contribution in [2.45, 2.75) is 6.92 Å². The normalized spacial score (nSPS) is 8.77. The molecule has 0 aliphatic rings. The number of nitrogen functional groups attached to an aromatic ring is 1. The van der Waals surface area contributed by atoms with Gasteiger partial charge in [-0.25, -0.2) is 0 Å². The van der Waals surface area contributed by atoms with Crippen LogP contribution >= 0.6 is 12.4 Å². The van der Waals surface area contributed by atoms with Gasteiger partial charge >= 0.3 is 0 Å². The molecule has 0 saturated heterocycles. The summed E-state index contributed by atoms with van der Waals surface area (Å²) < 4.78 is 4.96. The van der Waals surface area contributed by atoms with Crippen LogP contribution in [0.4, 0.5) is 5.69 Å². The van der Waals surface area contributed by atoms with Crippen molar-refractivity contribution >= 4 is 23.9 Å². The van der Waals surface area contributed by atoms with E-state index in [0.29, 0.717) is 17.0 Å². The molecule has 1 aromatic rings. The topological polar surface area (TPSA) is 52.3 Å². The molecular weight excluding hydrogens is 190 g/mol. The number of para-hydroxylation sites is 1. The van der Waals surface area contributed by atoms with Crippen LogP contribution in [0, 0.1) is 0 Å². The molecule has 0 amide bonds. The van der Waals surface area contributed by atoms with Crippen LogP contribution in [-0.4, -0.2) is 12.9 Å². The highest BCUT2D eigenvalue weighted by molar-refractivity contribution is 6.00. The van der Waals surface area contributed by atoms with Crippen molar-refractivity contribution in [2.24, 2.45) is 0 Å². The summed E-state index contributed by atoms with van der Waals surface area (Å²) in [6.45, 7) is 1.48. The summed E-state index contributed by atoms with van der Waals surface area (Å²) in [5.41, 5.74) is 6.57. The Morgan fingerprint density at radius 1 is 1.46 bits per heavy atom. The molecule has 1 aromatic carbocycles. The van der Waals surface area contributed by atoms with E-state index in [0.717, 1.165) is 0 Å². The lowest BCUT2D eigenvalue weighted by atomic mass is 10.1. The molecule has 0 radical (unpaired) electrons. The van der Waals surface area contributed by atoms with Gasteiger partial charge < -0.3 is 10.5 Å². The minimum atomic E-state index is -0.0496. The summed E-state index contributed by atoms with van der Waals surface area (Å²) in [4.78, 5) is 11.0. The number of ketones is 1. The first-order chi connectivity index (χ1) is 5.66. The summed E-state index contributed by atoms with van der Waals surface area (Å²) >= 11 is 0. The number of hydrogen-bond acceptors (Lipinski definition) is 3. The number of halogens is 1. The zero-order valence-electron chi connectivity index (χ0n) is 7.53. The van der Waals surface area contributed by atoms with Crippen LogP contribution in [-0.2, 0) is 0 Å². The van der Waals surface area contributed by atoms with Crippen LogP contribution in [0.25, 0.3) is 0 Å². The Bertz CT molecular complexity index is 312. The average Bonchev–Trinajstić information content (AvgIpc) is 2.04. The Morgan fingerprint density at radius 3 is 2.54 bits per heavy atom. The molecule has 0 bridgehead atoms. The summed E-state index contributed by atoms with van der Waals surface area (Å²) in [6, 6.07) is 5.15. The molecule has 3 nitrogen and oxygen atoms in total. The number of ether oxygens (including phenoxy) is 1. The maximum Gasteiger partial charge on any atom is 0.162 e. The number of carbonyl (C=O) groups is 1. The lowest BCUT2D eigenvalue weighted by Crippen LogP contribution is -2.01. The van der Waals surface area contributed by atoms with E-state index in [-0.39, 0.29) is 18.2 Å². The van der Waals surface area contributed by atoms with E-state index in [9.17, 15) is 4.79 Å². The van der Waals surface area contributed by atoms with E-state index in [4.69, 9.17) is 10.5 Å². The minimum Gasteiger partial charge on any atom is -0.495 e. The van der Waals surface area contributed by atoms with Gasteiger partial charge in [-0.05, 0) is 19.1 Å². The van der Waals surface area contributed by atoms with Gasteiger partial charge in [-0.3, -0.25) is 4.79 Å². The molecule has 0 spiro atoms. The maximum absolute atomic E-state index is 11.0. The predicted octanol–water partition coefficient (Wildman–Crippen LogP) is 1.90. The van der Waals surface area contributed by atoms with E-state index in [1.54, 1.807) is 18.2 Å². The van der Waals surface area contributed by atoms with Gasteiger partial charge in [0.2, 0.25) is 0 Å². The van der Waals surface area contributed by atoms with Crippen molar-refractivity contribution in [3.05, 3.63) is 23.8 Å². The van der Waals surface area contributed by atoms with Crippen LogP contribution in [0.5, 0.6) is 5.75 Å². The quantitative estimate of drug-likeness (QED) is 0.588. The highest BCUT2D eigenvalue weighted by Crippen LogP contribution is 2.24. The summed E-state index contributed by atoms with van der Waals surface area (Å²) in [5.74, 6) is 0.495. The van der Waals surface area contributed by atoms with E-state index < -0.39 is 0 Å². The Labute approximate surface area is 83.3 Å². The van der Waals surface area contributed by atoms with E-state index >= 15 is 0 Å². The fourth-order valence-electron chi connectivity index (χ4n) is 1.03. The molecule has 0 heterocycles. The fourth-order valence-corrected chi connectivity index (χ4v) is 1.03. The first-order valence-electron chi connectivity index (χ1n) is 3.60. The Hall–Kier alpha value is -1.22. The van der Waals surface area contributed by atoms with Crippen molar-refractivity contribution in [2.75, 3.05) is 12.8 Å². The number of nitrogens with two attached hydrogens (primary N) is 1. The number of hydrogen-bond donors (Lipinski definition) is 1. The molecule has 0 aromatic heterocycles. The molecule has 0 atom stereocenters. The molecule has 13 heavy (non-hydrogen) atoms. The number of anilines is 1. The van der Waals surface area contributed by atoms with Gasteiger partial charge in [-0.15, -0.1) is 12.4 Å². The van der Waals surface area contributed by atoms with Gasteiger partial charge in [0.05, 0.1) is 12.8 Å². The standard InChI is InChI=1S/C9H11NO2.ClH/c1-6(11)7-4-3-5-8(12-2)9(7)10;/h3-5H,10H2,1-2H3;1H. The molecule has 0 unspecified atom stereocenters. The van der Waals surface area contributed by atoms with Crippen molar-refractivity contribution in [1.29, 1.82) is 0 Å². The molecule has 72 valence electrons. The Balaban J connectivity index is 0.00000144. The first-order valence-corrected chi connectivity index (χ1v) is 3.60. The summed E-state index contributed by atoms with van der Waals surface area (Å²) in [6.07, 6.45) is 0. The second-order valence-corrected chi connectivity index (χ2v) is 2.48. The number of rotatable bonds is 2. The number of carbonyl (C=O) groups excluding carboxylic acids is 1. The van der Waals surface area contributed by atoms with Gasteiger partial charge in [0.1, 0.15) is 5.75 Å². The lowest BCUT2D eigenvalue weighted by molar-refractivity contribution is 0.101. The lowest BCUT2D eigenvalue weighted by Gasteiger charge is -2.06. The first kappa shape index (κ1) is 11.8. The zero-order valence-corrected chi connectivity index (χ0v) is 8.35. The van der Waals surface area contributed by atoms with Crippen LogP contribution in [0.3, 0.4) is 0 Å². The van der Waals surface area contributed by atoms with E-state index in [2.05, 4.69) is 0 Å². The van der Waals surface area contributed by atoms with Gasteiger partial charge in [-0.1, -0.05) is 6.07 Å². The summed E-state index contributed by atoms with van der Waals surface area (Å²) in [7, 11) is 1.52. The molecular formula is C9H12ClNO2.